The van der Waals surface area contributed by atoms with Crippen LogP contribution >= 0.6 is 0 Å². The first-order chi connectivity index (χ1) is 14.1. The van der Waals surface area contributed by atoms with Gasteiger partial charge in [-0.05, 0) is 74.7 Å². The van der Waals surface area contributed by atoms with Crippen molar-refractivity contribution in [3.63, 3.8) is 0 Å². The van der Waals surface area contributed by atoms with E-state index >= 15 is 0 Å². The lowest BCUT2D eigenvalue weighted by Crippen LogP contribution is -2.02. The predicted molar refractivity (Wildman–Crippen MR) is 118 cm³/mol. The Balaban J connectivity index is 2.22. The number of carbonyl (C=O) groups is 1. The molecule has 0 spiro atoms. The lowest BCUT2D eigenvalue weighted by Gasteiger charge is -2.16. The van der Waals surface area contributed by atoms with Crippen LogP contribution in [0.3, 0.4) is 0 Å². The Morgan fingerprint density at radius 2 is 1.48 bits per heavy atom. The average molecular weight is 397 g/mol. The van der Waals surface area contributed by atoms with Gasteiger partial charge in [-0.1, -0.05) is 26.3 Å². The van der Waals surface area contributed by atoms with Gasteiger partial charge in [0.15, 0.2) is 5.78 Å². The van der Waals surface area contributed by atoms with E-state index in [1.807, 2.05) is 44.2 Å². The summed E-state index contributed by atoms with van der Waals surface area (Å²) in [5, 5.41) is 0. The minimum Gasteiger partial charge on any atom is -0.494 e. The van der Waals surface area contributed by atoms with Crippen LogP contribution in [0.15, 0.2) is 42.5 Å². The van der Waals surface area contributed by atoms with Gasteiger partial charge in [-0.25, -0.2) is 0 Å². The summed E-state index contributed by atoms with van der Waals surface area (Å²) in [6.45, 7) is 9.97. The van der Waals surface area contributed by atoms with Crippen LogP contribution in [0.2, 0.25) is 0 Å². The number of benzene rings is 2. The molecule has 0 fully saturated rings. The van der Waals surface area contributed by atoms with Gasteiger partial charge in [0.05, 0.1) is 19.8 Å². The van der Waals surface area contributed by atoms with Crippen LogP contribution in [0, 0.1) is 0 Å². The highest BCUT2D eigenvalue weighted by molar-refractivity contribution is 6.06. The minimum atomic E-state index is -0.0550. The molecule has 0 radical (unpaired) electrons. The van der Waals surface area contributed by atoms with E-state index in [0.29, 0.717) is 25.4 Å². The van der Waals surface area contributed by atoms with E-state index in [1.54, 1.807) is 18.2 Å². The Labute approximate surface area is 174 Å². The largest absolute Gasteiger partial charge is 0.494 e. The SMILES string of the molecule is CCCOc1ccc(C(=O)C=Cc2cc(OCC)c(CCC)c(OCC)c2)cc1. The van der Waals surface area contributed by atoms with Gasteiger partial charge < -0.3 is 14.2 Å². The minimum absolute atomic E-state index is 0.0550. The Bertz CT molecular complexity index is 779. The van der Waals surface area contributed by atoms with Crippen molar-refractivity contribution < 1.29 is 19.0 Å². The Morgan fingerprint density at radius 1 is 0.862 bits per heavy atom. The summed E-state index contributed by atoms with van der Waals surface area (Å²) in [5.41, 5.74) is 2.60. The summed E-state index contributed by atoms with van der Waals surface area (Å²) in [6, 6.07) is 11.2. The fourth-order valence-corrected chi connectivity index (χ4v) is 3.00. The van der Waals surface area contributed by atoms with Crippen molar-refractivity contribution in [1.82, 2.24) is 0 Å². The Morgan fingerprint density at radius 3 is 2.00 bits per heavy atom. The highest BCUT2D eigenvalue weighted by atomic mass is 16.5. The zero-order valence-electron chi connectivity index (χ0n) is 18.0. The van der Waals surface area contributed by atoms with Gasteiger partial charge in [-0.2, -0.15) is 0 Å². The van der Waals surface area contributed by atoms with Gasteiger partial charge in [0.2, 0.25) is 0 Å². The Hall–Kier alpha value is -2.75. The first-order valence-corrected chi connectivity index (χ1v) is 10.5. The van der Waals surface area contributed by atoms with Crippen molar-refractivity contribution in [1.29, 1.82) is 0 Å². The van der Waals surface area contributed by atoms with E-state index in [9.17, 15) is 4.79 Å². The van der Waals surface area contributed by atoms with Gasteiger partial charge >= 0.3 is 0 Å². The molecule has 0 aliphatic carbocycles. The van der Waals surface area contributed by atoms with Crippen LogP contribution in [0.1, 0.15) is 62.0 Å². The molecule has 0 aliphatic heterocycles. The normalized spacial score (nSPS) is 10.9. The first-order valence-electron chi connectivity index (χ1n) is 10.5. The molecule has 0 aromatic heterocycles. The molecule has 4 nitrogen and oxygen atoms in total. The molecule has 156 valence electrons. The molecule has 0 unspecified atom stereocenters. The monoisotopic (exact) mass is 396 g/mol. The molecular formula is C25H32O4. The second-order valence-corrected chi connectivity index (χ2v) is 6.68. The van der Waals surface area contributed by atoms with Crippen LogP contribution < -0.4 is 14.2 Å². The van der Waals surface area contributed by atoms with Gasteiger partial charge in [0.1, 0.15) is 17.2 Å². The molecule has 0 saturated heterocycles. The zero-order chi connectivity index (χ0) is 21.1. The molecule has 0 heterocycles. The molecular weight excluding hydrogens is 364 g/mol. The van der Waals surface area contributed by atoms with Crippen molar-refractivity contribution in [3.8, 4) is 17.2 Å². The molecule has 29 heavy (non-hydrogen) atoms. The number of allylic oxidation sites excluding steroid dienone is 1. The van der Waals surface area contributed by atoms with Crippen LogP contribution in [-0.2, 0) is 6.42 Å². The third kappa shape index (κ3) is 6.67. The molecule has 2 aromatic rings. The van der Waals surface area contributed by atoms with Crippen LogP contribution in [0.4, 0.5) is 0 Å². The zero-order valence-corrected chi connectivity index (χ0v) is 18.0. The topological polar surface area (TPSA) is 44.8 Å². The fourth-order valence-electron chi connectivity index (χ4n) is 3.00. The van der Waals surface area contributed by atoms with Crippen molar-refractivity contribution in [2.24, 2.45) is 0 Å². The second kappa shape index (κ2) is 11.9. The van der Waals surface area contributed by atoms with Gasteiger partial charge in [0, 0.05) is 11.1 Å². The van der Waals surface area contributed by atoms with Gasteiger partial charge in [0.25, 0.3) is 0 Å². The van der Waals surface area contributed by atoms with Crippen LogP contribution in [-0.4, -0.2) is 25.6 Å². The molecule has 0 N–H and O–H groups in total. The number of ether oxygens (including phenoxy) is 3. The summed E-state index contributed by atoms with van der Waals surface area (Å²) in [5.74, 6) is 2.37. The summed E-state index contributed by atoms with van der Waals surface area (Å²) in [7, 11) is 0. The van der Waals surface area contributed by atoms with E-state index < -0.39 is 0 Å². The number of carbonyl (C=O) groups excluding carboxylic acids is 1. The third-order valence-corrected chi connectivity index (χ3v) is 4.33. The summed E-state index contributed by atoms with van der Waals surface area (Å²) >= 11 is 0. The lowest BCUT2D eigenvalue weighted by molar-refractivity contribution is 0.104. The predicted octanol–water partition coefficient (Wildman–Crippen LogP) is 6.12. The standard InChI is InChI=1S/C25H32O4/c1-5-9-22-24(27-7-3)17-19(18-25(22)28-8-4)10-15-23(26)20-11-13-21(14-12-20)29-16-6-2/h10-15,17-18H,5-9,16H2,1-4H3. The quantitative estimate of drug-likeness (QED) is 0.320. The number of ketones is 1. The van der Waals surface area contributed by atoms with Crippen molar-refractivity contribution in [2.45, 2.75) is 47.0 Å². The van der Waals surface area contributed by atoms with E-state index in [-0.39, 0.29) is 5.78 Å². The van der Waals surface area contributed by atoms with E-state index in [0.717, 1.165) is 47.6 Å². The van der Waals surface area contributed by atoms with E-state index in [1.165, 1.54) is 0 Å². The molecule has 0 aliphatic rings. The third-order valence-electron chi connectivity index (χ3n) is 4.33. The molecule has 0 amide bonds. The fraction of sp³-hybridized carbons (Fsp3) is 0.400. The van der Waals surface area contributed by atoms with Gasteiger partial charge in [-0.3, -0.25) is 4.79 Å². The summed E-state index contributed by atoms with van der Waals surface area (Å²) in [6.07, 6.45) is 6.24. The molecule has 0 saturated carbocycles. The molecule has 4 heteroatoms. The van der Waals surface area contributed by atoms with E-state index in [2.05, 4.69) is 13.8 Å². The molecule has 0 bridgehead atoms. The average Bonchev–Trinajstić information content (AvgIpc) is 2.73. The van der Waals surface area contributed by atoms with Crippen molar-refractivity contribution in [3.05, 3.63) is 59.2 Å². The lowest BCUT2D eigenvalue weighted by atomic mass is 10.0. The first kappa shape index (κ1) is 22.5. The maximum Gasteiger partial charge on any atom is 0.185 e. The number of hydrogen-bond donors (Lipinski definition) is 0. The van der Waals surface area contributed by atoms with Crippen molar-refractivity contribution in [2.75, 3.05) is 19.8 Å². The van der Waals surface area contributed by atoms with E-state index in [4.69, 9.17) is 14.2 Å². The molecule has 2 aromatic carbocycles. The Kier molecular flexibility index (Phi) is 9.29. The smallest absolute Gasteiger partial charge is 0.185 e. The molecule has 0 atom stereocenters. The maximum atomic E-state index is 12.5. The van der Waals surface area contributed by atoms with Crippen LogP contribution in [0.25, 0.3) is 6.08 Å². The number of hydrogen-bond acceptors (Lipinski definition) is 4. The summed E-state index contributed by atoms with van der Waals surface area (Å²) in [4.78, 5) is 12.5. The highest BCUT2D eigenvalue weighted by Crippen LogP contribution is 2.33. The maximum absolute atomic E-state index is 12.5. The highest BCUT2D eigenvalue weighted by Gasteiger charge is 2.12. The summed E-state index contributed by atoms with van der Waals surface area (Å²) < 4.78 is 17.2. The van der Waals surface area contributed by atoms with Crippen LogP contribution in [0.5, 0.6) is 17.2 Å². The number of rotatable bonds is 12. The second-order valence-electron chi connectivity index (χ2n) is 6.68. The molecule has 2 rings (SSSR count). The van der Waals surface area contributed by atoms with Crippen molar-refractivity contribution >= 4 is 11.9 Å². The van der Waals surface area contributed by atoms with Gasteiger partial charge in [-0.15, -0.1) is 0 Å².